The fourth-order valence-corrected chi connectivity index (χ4v) is 5.90. The van der Waals surface area contributed by atoms with Gasteiger partial charge < -0.3 is 38.3 Å². The molecule has 0 radical (unpaired) electrons. The van der Waals surface area contributed by atoms with E-state index in [1.54, 1.807) is 0 Å². The standard InChI is InChI=1S/C26H34O9/c1-14(27)11-23-30-13-22-16(34-23)7-4-6-15-17(32-22)8-9-18-20(31-15)12-21-26(35-18)24(28)25-19(33-21)5-2-3-10-29-25/h2-4,7-9,15-26,28H,5-6,10-13H2,1H3/b7-4-/t15-,16+,17+,18-,19+,20+,21-,22-,23+,24-,25+,26-/m1/s1. The van der Waals surface area contributed by atoms with E-state index in [2.05, 4.69) is 6.08 Å². The van der Waals surface area contributed by atoms with Crippen LogP contribution in [0.25, 0.3) is 0 Å². The molecule has 35 heavy (non-hydrogen) atoms. The average Bonchev–Trinajstić information content (AvgIpc) is 3.15. The van der Waals surface area contributed by atoms with Crippen LogP contribution in [0, 0.1) is 0 Å². The van der Waals surface area contributed by atoms with E-state index in [0.717, 1.165) is 0 Å². The van der Waals surface area contributed by atoms with Crippen molar-refractivity contribution in [2.45, 2.75) is 106 Å². The zero-order valence-electron chi connectivity index (χ0n) is 19.8. The van der Waals surface area contributed by atoms with Crippen molar-refractivity contribution in [3.05, 3.63) is 36.5 Å². The Morgan fingerprint density at radius 3 is 2.40 bits per heavy atom. The Bertz CT molecular complexity index is 871. The molecule has 0 unspecified atom stereocenters. The lowest BCUT2D eigenvalue weighted by Crippen LogP contribution is -2.63. The number of ketones is 1. The van der Waals surface area contributed by atoms with Gasteiger partial charge in [-0.15, -0.1) is 0 Å². The Morgan fingerprint density at radius 2 is 1.54 bits per heavy atom. The summed E-state index contributed by atoms with van der Waals surface area (Å²) < 4.78 is 43.2. The molecular weight excluding hydrogens is 456 g/mol. The summed E-state index contributed by atoms with van der Waals surface area (Å²) in [5, 5.41) is 11.1. The molecule has 3 saturated heterocycles. The minimum absolute atomic E-state index is 0.0273. The Kier molecular flexibility index (Phi) is 6.94. The number of Topliss-reactive ketones (excluding diaryl/α,β-unsaturated/α-hetero) is 1. The van der Waals surface area contributed by atoms with Crippen molar-refractivity contribution >= 4 is 5.78 Å². The summed E-state index contributed by atoms with van der Waals surface area (Å²) in [6.07, 6.45) is 10.0. The number of aliphatic hydroxyl groups is 1. The summed E-state index contributed by atoms with van der Waals surface area (Å²) in [5.74, 6) is 0.0273. The molecule has 1 N–H and O–H groups in total. The second-order valence-electron chi connectivity index (χ2n) is 10.2. The summed E-state index contributed by atoms with van der Waals surface area (Å²) >= 11 is 0. The van der Waals surface area contributed by atoms with Gasteiger partial charge in [-0.05, 0) is 19.8 Å². The Hall–Kier alpha value is -1.43. The van der Waals surface area contributed by atoms with Gasteiger partial charge in [0.25, 0.3) is 0 Å². The normalized spacial score (nSPS) is 50.0. The smallest absolute Gasteiger partial charge is 0.165 e. The molecule has 0 spiro atoms. The highest BCUT2D eigenvalue weighted by Crippen LogP contribution is 2.38. The second-order valence-corrected chi connectivity index (χ2v) is 10.2. The minimum atomic E-state index is -0.760. The average molecular weight is 491 g/mol. The van der Waals surface area contributed by atoms with Gasteiger partial charge >= 0.3 is 0 Å². The molecule has 0 aromatic carbocycles. The number of carbonyl (C=O) groups is 1. The first-order chi connectivity index (χ1) is 17.0. The third-order valence-corrected chi connectivity index (χ3v) is 7.63. The quantitative estimate of drug-likeness (QED) is 0.575. The molecule has 6 heterocycles. The van der Waals surface area contributed by atoms with Crippen molar-refractivity contribution < 1.29 is 43.1 Å². The highest BCUT2D eigenvalue weighted by atomic mass is 16.7. The lowest BCUT2D eigenvalue weighted by Gasteiger charge is -2.49. The van der Waals surface area contributed by atoms with Crippen molar-refractivity contribution in [2.75, 3.05) is 13.2 Å². The molecule has 6 aliphatic heterocycles. The van der Waals surface area contributed by atoms with Gasteiger partial charge in [0.1, 0.15) is 48.5 Å². The molecule has 6 rings (SSSR count). The SMILES string of the molecule is CC(=O)C[C@H]1OC[C@H]2O[C@H]3C=C[C@H]4O[C@H]5[C@H](O)[C@H]6OCC=CC[C@@H]6O[C@@H]5C[C@@H]4O[C@@H]3C/C=C\[C@@H]2O1. The number of hydrogen-bond acceptors (Lipinski definition) is 9. The van der Waals surface area contributed by atoms with Crippen LogP contribution in [-0.4, -0.2) is 97.5 Å². The van der Waals surface area contributed by atoms with Gasteiger partial charge in [-0.25, -0.2) is 0 Å². The van der Waals surface area contributed by atoms with Crippen molar-refractivity contribution in [3.63, 3.8) is 0 Å². The predicted octanol–water partition coefficient (Wildman–Crippen LogP) is 1.38. The molecule has 0 saturated carbocycles. The van der Waals surface area contributed by atoms with Gasteiger partial charge in [-0.3, -0.25) is 4.79 Å². The van der Waals surface area contributed by atoms with Crippen LogP contribution in [0.1, 0.15) is 32.6 Å². The number of hydrogen-bond donors (Lipinski definition) is 1. The van der Waals surface area contributed by atoms with E-state index in [9.17, 15) is 9.90 Å². The maximum atomic E-state index is 11.5. The summed E-state index contributed by atoms with van der Waals surface area (Å²) in [7, 11) is 0. The number of rotatable bonds is 2. The van der Waals surface area contributed by atoms with E-state index >= 15 is 0 Å². The van der Waals surface area contributed by atoms with Crippen molar-refractivity contribution in [2.24, 2.45) is 0 Å². The van der Waals surface area contributed by atoms with E-state index in [1.165, 1.54) is 6.92 Å². The first-order valence-corrected chi connectivity index (χ1v) is 12.7. The van der Waals surface area contributed by atoms with Gasteiger partial charge in [0.05, 0.1) is 44.1 Å². The summed E-state index contributed by atoms with van der Waals surface area (Å²) in [4.78, 5) is 11.5. The molecule has 0 aromatic rings. The van der Waals surface area contributed by atoms with E-state index < -0.39 is 24.6 Å². The van der Waals surface area contributed by atoms with Crippen molar-refractivity contribution in [3.8, 4) is 0 Å². The zero-order valence-corrected chi connectivity index (χ0v) is 19.8. The topological polar surface area (TPSA) is 102 Å². The molecule has 0 bridgehead atoms. The van der Waals surface area contributed by atoms with Crippen LogP contribution in [0.15, 0.2) is 36.5 Å². The molecule has 12 atom stereocenters. The van der Waals surface area contributed by atoms with Crippen LogP contribution in [0.2, 0.25) is 0 Å². The maximum absolute atomic E-state index is 11.5. The summed E-state index contributed by atoms with van der Waals surface area (Å²) in [6, 6.07) is 0. The largest absolute Gasteiger partial charge is 0.387 e. The third-order valence-electron chi connectivity index (χ3n) is 7.63. The molecule has 6 aliphatic rings. The van der Waals surface area contributed by atoms with Gasteiger partial charge in [-0.2, -0.15) is 0 Å². The molecule has 0 aromatic heterocycles. The second kappa shape index (κ2) is 10.1. The fraction of sp³-hybridized carbons (Fsp3) is 0.731. The first-order valence-electron chi connectivity index (χ1n) is 12.7. The van der Waals surface area contributed by atoms with Crippen LogP contribution < -0.4 is 0 Å². The van der Waals surface area contributed by atoms with Crippen molar-refractivity contribution in [1.29, 1.82) is 0 Å². The summed E-state index contributed by atoms with van der Waals surface area (Å²) in [6.45, 7) is 2.34. The molecule has 3 fully saturated rings. The predicted molar refractivity (Wildman–Crippen MR) is 122 cm³/mol. The van der Waals surface area contributed by atoms with Crippen LogP contribution in [0.3, 0.4) is 0 Å². The van der Waals surface area contributed by atoms with E-state index in [-0.39, 0.29) is 61.0 Å². The van der Waals surface area contributed by atoms with Crippen LogP contribution >= 0.6 is 0 Å². The number of carbonyl (C=O) groups excluding carboxylic acids is 1. The number of ether oxygens (including phenoxy) is 7. The highest BCUT2D eigenvalue weighted by Gasteiger charge is 2.52. The van der Waals surface area contributed by atoms with Crippen LogP contribution in [-0.2, 0) is 38.0 Å². The Labute approximate surface area is 205 Å². The molecule has 192 valence electrons. The van der Waals surface area contributed by atoms with E-state index in [0.29, 0.717) is 32.5 Å². The lowest BCUT2D eigenvalue weighted by molar-refractivity contribution is -0.289. The third kappa shape index (κ3) is 4.93. The van der Waals surface area contributed by atoms with Gasteiger partial charge in [0, 0.05) is 6.42 Å². The molecule has 0 amide bonds. The summed E-state index contributed by atoms with van der Waals surface area (Å²) in [5.41, 5.74) is 0. The maximum Gasteiger partial charge on any atom is 0.165 e. The van der Waals surface area contributed by atoms with Gasteiger partial charge in [0.2, 0.25) is 0 Å². The lowest BCUT2D eigenvalue weighted by atomic mass is 9.87. The highest BCUT2D eigenvalue weighted by molar-refractivity contribution is 5.75. The van der Waals surface area contributed by atoms with Crippen LogP contribution in [0.4, 0.5) is 0 Å². The monoisotopic (exact) mass is 490 g/mol. The number of aliphatic hydroxyl groups excluding tert-OH is 1. The van der Waals surface area contributed by atoms with Gasteiger partial charge in [0.15, 0.2) is 6.29 Å². The Morgan fingerprint density at radius 1 is 0.771 bits per heavy atom. The molecule has 9 nitrogen and oxygen atoms in total. The Balaban J connectivity index is 1.15. The molecular formula is C26H34O9. The first kappa shape index (κ1) is 23.9. The van der Waals surface area contributed by atoms with Gasteiger partial charge in [-0.1, -0.05) is 36.5 Å². The fourth-order valence-electron chi connectivity index (χ4n) is 5.90. The minimum Gasteiger partial charge on any atom is -0.387 e. The number of fused-ring (bicyclic) bond motifs is 5. The molecule has 9 heteroatoms. The van der Waals surface area contributed by atoms with Crippen molar-refractivity contribution in [1.82, 2.24) is 0 Å². The molecule has 0 aliphatic carbocycles. The zero-order chi connectivity index (χ0) is 23.9. The van der Waals surface area contributed by atoms with E-state index in [1.807, 2.05) is 30.4 Å². The van der Waals surface area contributed by atoms with E-state index in [4.69, 9.17) is 33.2 Å². The van der Waals surface area contributed by atoms with Crippen LogP contribution in [0.5, 0.6) is 0 Å².